The van der Waals surface area contributed by atoms with Crippen LogP contribution in [0.2, 0.25) is 0 Å². The van der Waals surface area contributed by atoms with Gasteiger partial charge in [0.2, 0.25) is 0 Å². The topological polar surface area (TPSA) is 59.6 Å². The van der Waals surface area contributed by atoms with E-state index in [1.807, 2.05) is 36.4 Å². The van der Waals surface area contributed by atoms with Crippen molar-refractivity contribution >= 4 is 39.1 Å². The fraction of sp³-hybridized carbons (Fsp3) is 0.188. The van der Waals surface area contributed by atoms with Crippen LogP contribution in [0.3, 0.4) is 0 Å². The second-order valence-electron chi connectivity index (χ2n) is 4.38. The summed E-state index contributed by atoms with van der Waals surface area (Å²) < 4.78 is 10.0. The summed E-state index contributed by atoms with van der Waals surface area (Å²) in [4.78, 5) is 11.4. The number of carbonyl (C=O) groups is 1. The maximum atomic E-state index is 11.4. The summed E-state index contributed by atoms with van der Waals surface area (Å²) in [6.07, 6.45) is -0.463. The molecule has 0 heterocycles. The third-order valence-corrected chi connectivity index (χ3v) is 3.14. The predicted octanol–water partition coefficient (Wildman–Crippen LogP) is 4.38. The predicted molar refractivity (Wildman–Crippen MR) is 91.5 cm³/mol. The minimum atomic E-state index is -0.463. The summed E-state index contributed by atoms with van der Waals surface area (Å²) in [5.74, 6) is 0.812. The van der Waals surface area contributed by atoms with Gasteiger partial charge in [0.15, 0.2) is 0 Å². The van der Waals surface area contributed by atoms with Crippen molar-refractivity contribution in [2.24, 2.45) is 0 Å². The van der Waals surface area contributed by atoms with Crippen molar-refractivity contribution in [3.8, 4) is 5.75 Å². The Morgan fingerprint density at radius 1 is 1.00 bits per heavy atom. The van der Waals surface area contributed by atoms with Crippen molar-refractivity contribution in [1.29, 1.82) is 0 Å². The summed E-state index contributed by atoms with van der Waals surface area (Å²) in [6, 6.07) is 15.0. The first-order valence-electron chi connectivity index (χ1n) is 6.72. The Labute approximate surface area is 137 Å². The Morgan fingerprint density at radius 3 is 2.09 bits per heavy atom. The zero-order valence-electron chi connectivity index (χ0n) is 12.1. The molecule has 2 aromatic carbocycles. The van der Waals surface area contributed by atoms with Crippen molar-refractivity contribution in [2.45, 2.75) is 0 Å². The van der Waals surface area contributed by atoms with E-state index in [0.717, 1.165) is 17.1 Å². The van der Waals surface area contributed by atoms with Crippen molar-refractivity contribution in [3.05, 3.63) is 48.5 Å². The number of alkyl halides is 1. The van der Waals surface area contributed by atoms with Crippen LogP contribution in [0.4, 0.5) is 21.9 Å². The molecule has 0 saturated heterocycles. The normalized spacial score (nSPS) is 9.91. The molecule has 0 fully saturated rings. The van der Waals surface area contributed by atoms with Crippen LogP contribution in [0, 0.1) is 0 Å². The highest BCUT2D eigenvalue weighted by molar-refractivity contribution is 9.09. The van der Waals surface area contributed by atoms with Crippen LogP contribution < -0.4 is 15.4 Å². The van der Waals surface area contributed by atoms with Crippen molar-refractivity contribution in [2.75, 3.05) is 29.7 Å². The molecular weight excluding hydrogens is 348 g/mol. The Balaban J connectivity index is 1.92. The van der Waals surface area contributed by atoms with E-state index in [4.69, 9.17) is 9.47 Å². The fourth-order valence-corrected chi connectivity index (χ4v) is 1.92. The van der Waals surface area contributed by atoms with Gasteiger partial charge in [-0.15, -0.1) is 0 Å². The van der Waals surface area contributed by atoms with E-state index in [1.54, 1.807) is 19.2 Å². The Hall–Kier alpha value is -2.21. The van der Waals surface area contributed by atoms with Gasteiger partial charge in [-0.3, -0.25) is 5.32 Å². The van der Waals surface area contributed by atoms with Gasteiger partial charge in [0, 0.05) is 22.4 Å². The Bertz CT molecular complexity index is 600. The quantitative estimate of drug-likeness (QED) is 0.746. The minimum Gasteiger partial charge on any atom is -0.497 e. The molecule has 1 amide bonds. The number of amides is 1. The lowest BCUT2D eigenvalue weighted by Gasteiger charge is -2.09. The molecule has 0 bridgehead atoms. The van der Waals surface area contributed by atoms with E-state index < -0.39 is 6.09 Å². The summed E-state index contributed by atoms with van der Waals surface area (Å²) in [5, 5.41) is 6.54. The van der Waals surface area contributed by atoms with Crippen LogP contribution >= 0.6 is 15.9 Å². The second kappa shape index (κ2) is 8.29. The smallest absolute Gasteiger partial charge is 0.411 e. The van der Waals surface area contributed by atoms with Gasteiger partial charge >= 0.3 is 6.09 Å². The van der Waals surface area contributed by atoms with Gasteiger partial charge in [-0.25, -0.2) is 4.79 Å². The van der Waals surface area contributed by atoms with Gasteiger partial charge in [0.25, 0.3) is 0 Å². The number of benzene rings is 2. The molecule has 22 heavy (non-hydrogen) atoms. The molecule has 2 aromatic rings. The fourth-order valence-electron chi connectivity index (χ4n) is 1.76. The number of hydrogen-bond acceptors (Lipinski definition) is 4. The summed E-state index contributed by atoms with van der Waals surface area (Å²) in [7, 11) is 1.64. The largest absolute Gasteiger partial charge is 0.497 e. The Kier molecular flexibility index (Phi) is 6.09. The lowest BCUT2D eigenvalue weighted by Crippen LogP contribution is -2.14. The molecule has 0 spiro atoms. The summed E-state index contributed by atoms with van der Waals surface area (Å²) >= 11 is 3.19. The number of halogens is 1. The maximum absolute atomic E-state index is 11.4. The van der Waals surface area contributed by atoms with Gasteiger partial charge in [0.05, 0.1) is 7.11 Å². The number of methoxy groups -OCH3 is 1. The highest BCUT2D eigenvalue weighted by atomic mass is 79.9. The number of ether oxygens (including phenoxy) is 2. The van der Waals surface area contributed by atoms with Crippen molar-refractivity contribution in [1.82, 2.24) is 0 Å². The lowest BCUT2D eigenvalue weighted by molar-refractivity contribution is 0.169. The van der Waals surface area contributed by atoms with Gasteiger partial charge in [0.1, 0.15) is 12.4 Å². The Morgan fingerprint density at radius 2 is 1.55 bits per heavy atom. The van der Waals surface area contributed by atoms with Crippen LogP contribution in [0.5, 0.6) is 5.75 Å². The van der Waals surface area contributed by atoms with E-state index >= 15 is 0 Å². The van der Waals surface area contributed by atoms with E-state index in [2.05, 4.69) is 26.6 Å². The molecule has 0 atom stereocenters. The SMILES string of the molecule is COc1ccc(Nc2ccc(NC(=O)OCCBr)cc2)cc1. The molecule has 5 nitrogen and oxygen atoms in total. The second-order valence-corrected chi connectivity index (χ2v) is 5.17. The van der Waals surface area contributed by atoms with Crippen molar-refractivity contribution in [3.63, 3.8) is 0 Å². The van der Waals surface area contributed by atoms with Crippen molar-refractivity contribution < 1.29 is 14.3 Å². The number of anilines is 3. The van der Waals surface area contributed by atoms with Crippen LogP contribution in [-0.4, -0.2) is 25.1 Å². The standard InChI is InChI=1S/C16H17BrN2O3/c1-21-15-8-6-13(7-9-15)18-12-2-4-14(5-3-12)19-16(20)22-11-10-17/h2-9,18H,10-11H2,1H3,(H,19,20). The van der Waals surface area contributed by atoms with Crippen LogP contribution in [-0.2, 0) is 4.74 Å². The molecule has 2 rings (SSSR count). The van der Waals surface area contributed by atoms with E-state index in [1.165, 1.54) is 0 Å². The molecule has 6 heteroatoms. The number of nitrogens with one attached hydrogen (secondary N) is 2. The average molecular weight is 365 g/mol. The first kappa shape index (κ1) is 16.2. The van der Waals surface area contributed by atoms with Crippen LogP contribution in [0.1, 0.15) is 0 Å². The minimum absolute atomic E-state index is 0.336. The third kappa shape index (κ3) is 4.96. The number of rotatable bonds is 6. The van der Waals surface area contributed by atoms with Gasteiger partial charge in [-0.05, 0) is 48.5 Å². The third-order valence-electron chi connectivity index (χ3n) is 2.82. The number of carbonyl (C=O) groups excluding carboxylic acids is 1. The highest BCUT2D eigenvalue weighted by Gasteiger charge is 2.02. The monoisotopic (exact) mass is 364 g/mol. The lowest BCUT2D eigenvalue weighted by atomic mass is 10.2. The molecule has 0 radical (unpaired) electrons. The molecule has 0 saturated carbocycles. The van der Waals surface area contributed by atoms with Gasteiger partial charge < -0.3 is 14.8 Å². The number of hydrogen-bond donors (Lipinski definition) is 2. The summed E-state index contributed by atoms with van der Waals surface area (Å²) in [6.45, 7) is 0.336. The van der Waals surface area contributed by atoms with Crippen LogP contribution in [0.15, 0.2) is 48.5 Å². The highest BCUT2D eigenvalue weighted by Crippen LogP contribution is 2.21. The first-order valence-corrected chi connectivity index (χ1v) is 7.84. The molecule has 0 aromatic heterocycles. The molecule has 116 valence electrons. The van der Waals surface area contributed by atoms with E-state index in [0.29, 0.717) is 17.6 Å². The van der Waals surface area contributed by atoms with Gasteiger partial charge in [-0.2, -0.15) is 0 Å². The molecule has 2 N–H and O–H groups in total. The van der Waals surface area contributed by atoms with E-state index in [-0.39, 0.29) is 0 Å². The summed E-state index contributed by atoms with van der Waals surface area (Å²) in [5.41, 5.74) is 2.56. The van der Waals surface area contributed by atoms with Crippen LogP contribution in [0.25, 0.3) is 0 Å². The van der Waals surface area contributed by atoms with Gasteiger partial charge in [-0.1, -0.05) is 15.9 Å². The molecule has 0 aliphatic carbocycles. The first-order chi connectivity index (χ1) is 10.7. The zero-order valence-corrected chi connectivity index (χ0v) is 13.7. The molecule has 0 aliphatic heterocycles. The molecular formula is C16H17BrN2O3. The molecule has 0 aliphatic rings. The molecule has 0 unspecified atom stereocenters. The maximum Gasteiger partial charge on any atom is 0.411 e. The average Bonchev–Trinajstić information content (AvgIpc) is 2.55. The zero-order chi connectivity index (χ0) is 15.8. The van der Waals surface area contributed by atoms with E-state index in [9.17, 15) is 4.79 Å².